The summed E-state index contributed by atoms with van der Waals surface area (Å²) in [7, 11) is 0. The number of aromatic nitrogens is 3. The Kier molecular flexibility index (Phi) is 2.92. The van der Waals surface area contributed by atoms with E-state index in [0.717, 1.165) is 3.57 Å². The van der Waals surface area contributed by atoms with E-state index in [0.29, 0.717) is 18.4 Å². The van der Waals surface area contributed by atoms with Gasteiger partial charge in [0.2, 0.25) is 11.8 Å². The highest BCUT2D eigenvalue weighted by atomic mass is 127. The van der Waals surface area contributed by atoms with Crippen molar-refractivity contribution in [1.82, 2.24) is 15.0 Å². The minimum absolute atomic E-state index is 0.494. The molecule has 6 heteroatoms. The molecule has 0 saturated heterocycles. The first-order chi connectivity index (χ1) is 6.84. The van der Waals surface area contributed by atoms with Gasteiger partial charge in [-0.1, -0.05) is 0 Å². The zero-order chi connectivity index (χ0) is 9.80. The molecule has 2 aromatic rings. The summed E-state index contributed by atoms with van der Waals surface area (Å²) in [6.07, 6.45) is 6.62. The highest BCUT2D eigenvalue weighted by molar-refractivity contribution is 14.1. The van der Waals surface area contributed by atoms with Crippen LogP contribution in [-0.4, -0.2) is 15.0 Å². The molecule has 0 fully saturated rings. The number of halogens is 1. The smallest absolute Gasteiger partial charge is 0.223 e. The summed E-state index contributed by atoms with van der Waals surface area (Å²) in [4.78, 5) is 12.1. The second-order valence-corrected chi connectivity index (χ2v) is 3.75. The van der Waals surface area contributed by atoms with Crippen molar-refractivity contribution in [2.24, 2.45) is 0 Å². The largest absolute Gasteiger partial charge is 0.447 e. The minimum Gasteiger partial charge on any atom is -0.447 e. The van der Waals surface area contributed by atoms with Crippen LogP contribution in [0.15, 0.2) is 29.3 Å². The van der Waals surface area contributed by atoms with Crippen LogP contribution in [0, 0.1) is 3.57 Å². The van der Waals surface area contributed by atoms with E-state index in [1.54, 1.807) is 18.6 Å². The highest BCUT2D eigenvalue weighted by Gasteiger charge is 1.98. The quantitative estimate of drug-likeness (QED) is 0.874. The van der Waals surface area contributed by atoms with Crippen LogP contribution in [0.25, 0.3) is 0 Å². The normalized spacial score (nSPS) is 10.1. The fraction of sp³-hybridized carbons (Fsp3) is 0.125. The van der Waals surface area contributed by atoms with Gasteiger partial charge in [0.05, 0.1) is 12.7 Å². The number of nitrogens with zero attached hydrogens (tertiary/aromatic N) is 3. The lowest BCUT2D eigenvalue weighted by Crippen LogP contribution is -2.03. The van der Waals surface area contributed by atoms with Gasteiger partial charge in [-0.3, -0.25) is 0 Å². The van der Waals surface area contributed by atoms with Crippen LogP contribution in [0.5, 0.6) is 0 Å². The maximum atomic E-state index is 5.05. The third kappa shape index (κ3) is 2.41. The van der Waals surface area contributed by atoms with E-state index < -0.39 is 0 Å². The first kappa shape index (κ1) is 9.38. The Labute approximate surface area is 94.1 Å². The minimum atomic E-state index is 0.494. The van der Waals surface area contributed by atoms with E-state index in [1.807, 2.05) is 0 Å². The van der Waals surface area contributed by atoms with E-state index in [4.69, 9.17) is 4.42 Å². The number of hydrogen-bond donors (Lipinski definition) is 1. The molecular formula is C8H7IN4O. The van der Waals surface area contributed by atoms with E-state index in [2.05, 4.69) is 42.9 Å². The Morgan fingerprint density at radius 3 is 2.71 bits per heavy atom. The van der Waals surface area contributed by atoms with Gasteiger partial charge in [0.1, 0.15) is 6.26 Å². The lowest BCUT2D eigenvalue weighted by molar-refractivity contribution is 0.503. The van der Waals surface area contributed by atoms with Gasteiger partial charge in [-0.25, -0.2) is 15.0 Å². The second-order valence-electron chi connectivity index (χ2n) is 2.50. The van der Waals surface area contributed by atoms with E-state index in [-0.39, 0.29) is 0 Å². The van der Waals surface area contributed by atoms with Crippen molar-refractivity contribution in [3.05, 3.63) is 34.3 Å². The van der Waals surface area contributed by atoms with Gasteiger partial charge < -0.3 is 9.73 Å². The van der Waals surface area contributed by atoms with Crippen molar-refractivity contribution >= 4 is 28.5 Å². The standard InChI is InChI=1S/C8H7IN4O/c9-6-3-11-8(12-4-6)13-5-7-10-1-2-14-7/h1-4H,5H2,(H,11,12,13). The van der Waals surface area contributed by atoms with E-state index in [9.17, 15) is 0 Å². The number of hydrogen-bond acceptors (Lipinski definition) is 5. The Hall–Kier alpha value is -1.18. The molecule has 5 nitrogen and oxygen atoms in total. The fourth-order valence-electron chi connectivity index (χ4n) is 0.899. The average molecular weight is 302 g/mol. The Balaban J connectivity index is 1.95. The predicted molar refractivity (Wildman–Crippen MR) is 58.6 cm³/mol. The van der Waals surface area contributed by atoms with Crippen LogP contribution in [0.4, 0.5) is 5.95 Å². The van der Waals surface area contributed by atoms with Crippen molar-refractivity contribution in [3.63, 3.8) is 0 Å². The Morgan fingerprint density at radius 2 is 2.07 bits per heavy atom. The molecule has 0 atom stereocenters. The van der Waals surface area contributed by atoms with Crippen LogP contribution in [-0.2, 0) is 6.54 Å². The molecule has 0 aliphatic heterocycles. The van der Waals surface area contributed by atoms with Gasteiger partial charge >= 0.3 is 0 Å². The molecule has 0 spiro atoms. The monoisotopic (exact) mass is 302 g/mol. The molecule has 0 aromatic carbocycles. The molecule has 2 heterocycles. The van der Waals surface area contributed by atoms with E-state index in [1.165, 1.54) is 6.26 Å². The summed E-state index contributed by atoms with van der Waals surface area (Å²) in [6, 6.07) is 0. The molecule has 1 N–H and O–H groups in total. The van der Waals surface area contributed by atoms with Gasteiger partial charge in [-0.2, -0.15) is 0 Å². The third-order valence-electron chi connectivity index (χ3n) is 1.50. The molecule has 72 valence electrons. The van der Waals surface area contributed by atoms with Crippen LogP contribution < -0.4 is 5.32 Å². The summed E-state index contributed by atoms with van der Waals surface area (Å²) in [5, 5.41) is 2.99. The third-order valence-corrected chi connectivity index (χ3v) is 2.06. The molecule has 0 radical (unpaired) electrons. The zero-order valence-corrected chi connectivity index (χ0v) is 9.30. The Morgan fingerprint density at radius 1 is 1.29 bits per heavy atom. The Bertz CT molecular complexity index is 386. The molecule has 2 rings (SSSR count). The number of nitrogens with one attached hydrogen (secondary N) is 1. The molecule has 0 bridgehead atoms. The topological polar surface area (TPSA) is 63.8 Å². The molecular weight excluding hydrogens is 295 g/mol. The average Bonchev–Trinajstić information content (AvgIpc) is 2.70. The molecule has 14 heavy (non-hydrogen) atoms. The predicted octanol–water partition coefficient (Wildman–Crippen LogP) is 1.68. The van der Waals surface area contributed by atoms with Crippen molar-refractivity contribution in [2.75, 3.05) is 5.32 Å². The maximum Gasteiger partial charge on any atom is 0.223 e. The van der Waals surface area contributed by atoms with Crippen LogP contribution in [0.2, 0.25) is 0 Å². The molecule has 0 saturated carbocycles. The first-order valence-electron chi connectivity index (χ1n) is 3.94. The summed E-state index contributed by atoms with van der Waals surface area (Å²) < 4.78 is 6.05. The summed E-state index contributed by atoms with van der Waals surface area (Å²) in [5.74, 6) is 1.19. The molecule has 0 aliphatic rings. The highest BCUT2D eigenvalue weighted by Crippen LogP contribution is 2.04. The van der Waals surface area contributed by atoms with Gasteiger partial charge in [0.25, 0.3) is 0 Å². The van der Waals surface area contributed by atoms with Gasteiger partial charge in [0.15, 0.2) is 0 Å². The maximum absolute atomic E-state index is 5.05. The van der Waals surface area contributed by atoms with Crippen molar-refractivity contribution in [1.29, 1.82) is 0 Å². The second kappa shape index (κ2) is 4.36. The molecule has 2 aromatic heterocycles. The van der Waals surface area contributed by atoms with Gasteiger partial charge in [0, 0.05) is 16.0 Å². The zero-order valence-electron chi connectivity index (χ0n) is 7.14. The SMILES string of the molecule is Ic1cnc(NCc2ncco2)nc1. The van der Waals surface area contributed by atoms with Crippen molar-refractivity contribution in [3.8, 4) is 0 Å². The fourth-order valence-corrected chi connectivity index (χ4v) is 1.18. The van der Waals surface area contributed by atoms with Crippen LogP contribution >= 0.6 is 22.6 Å². The number of anilines is 1. The summed E-state index contributed by atoms with van der Waals surface area (Å²) in [5.41, 5.74) is 0. The van der Waals surface area contributed by atoms with Crippen molar-refractivity contribution in [2.45, 2.75) is 6.54 Å². The molecule has 0 amide bonds. The first-order valence-corrected chi connectivity index (χ1v) is 5.02. The van der Waals surface area contributed by atoms with Crippen molar-refractivity contribution < 1.29 is 4.42 Å². The summed E-state index contributed by atoms with van der Waals surface area (Å²) in [6.45, 7) is 0.494. The van der Waals surface area contributed by atoms with Crippen LogP contribution in [0.3, 0.4) is 0 Å². The van der Waals surface area contributed by atoms with E-state index >= 15 is 0 Å². The number of oxazole rings is 1. The van der Waals surface area contributed by atoms with Gasteiger partial charge in [-0.05, 0) is 22.6 Å². The molecule has 0 unspecified atom stereocenters. The molecule has 0 aliphatic carbocycles. The number of rotatable bonds is 3. The lowest BCUT2D eigenvalue weighted by atomic mass is 10.6. The van der Waals surface area contributed by atoms with Gasteiger partial charge in [-0.15, -0.1) is 0 Å². The lowest BCUT2D eigenvalue weighted by Gasteiger charge is -2.00. The summed E-state index contributed by atoms with van der Waals surface area (Å²) >= 11 is 2.15. The van der Waals surface area contributed by atoms with Crippen LogP contribution in [0.1, 0.15) is 5.89 Å².